The standard InChI is InChI=1S/C11H12O2/c1-9-4-6-10(7-5-9)11-3-2-8-12-13-11/h2-7,11H,8H2,1H3. The van der Waals surface area contributed by atoms with Crippen LogP contribution in [0.5, 0.6) is 0 Å². The van der Waals surface area contributed by atoms with Crippen molar-refractivity contribution in [1.82, 2.24) is 0 Å². The van der Waals surface area contributed by atoms with Gasteiger partial charge in [-0.05, 0) is 18.6 Å². The van der Waals surface area contributed by atoms with Crippen LogP contribution in [0.1, 0.15) is 17.2 Å². The predicted octanol–water partition coefficient (Wildman–Crippen LogP) is 2.55. The van der Waals surface area contributed by atoms with Gasteiger partial charge in [-0.25, -0.2) is 9.78 Å². The molecule has 0 aromatic heterocycles. The molecule has 0 N–H and O–H groups in total. The highest BCUT2D eigenvalue weighted by molar-refractivity contribution is 5.25. The Kier molecular flexibility index (Phi) is 2.43. The van der Waals surface area contributed by atoms with Crippen LogP contribution in [0, 0.1) is 6.92 Å². The molecule has 1 unspecified atom stereocenters. The van der Waals surface area contributed by atoms with E-state index < -0.39 is 0 Å². The van der Waals surface area contributed by atoms with E-state index in [0.29, 0.717) is 6.61 Å². The van der Waals surface area contributed by atoms with E-state index in [1.165, 1.54) is 5.56 Å². The van der Waals surface area contributed by atoms with E-state index in [1.54, 1.807) is 0 Å². The zero-order valence-corrected chi connectivity index (χ0v) is 7.57. The van der Waals surface area contributed by atoms with Gasteiger partial charge in [-0.15, -0.1) is 0 Å². The van der Waals surface area contributed by atoms with Gasteiger partial charge in [0.2, 0.25) is 0 Å². The van der Waals surface area contributed by atoms with Crippen molar-refractivity contribution >= 4 is 0 Å². The molecular formula is C11H12O2. The van der Waals surface area contributed by atoms with Gasteiger partial charge in [-0.1, -0.05) is 35.9 Å². The molecule has 1 heterocycles. The van der Waals surface area contributed by atoms with E-state index in [4.69, 9.17) is 9.78 Å². The number of hydrogen-bond acceptors (Lipinski definition) is 2. The second kappa shape index (κ2) is 3.73. The average molecular weight is 176 g/mol. The van der Waals surface area contributed by atoms with Crippen LogP contribution in [0.25, 0.3) is 0 Å². The second-order valence-corrected chi connectivity index (χ2v) is 3.14. The zero-order valence-electron chi connectivity index (χ0n) is 7.57. The minimum absolute atomic E-state index is 0.0469. The summed E-state index contributed by atoms with van der Waals surface area (Å²) >= 11 is 0. The normalized spacial score (nSPS) is 21.8. The van der Waals surface area contributed by atoms with Gasteiger partial charge in [0.15, 0.2) is 0 Å². The van der Waals surface area contributed by atoms with Crippen LogP contribution in [0.3, 0.4) is 0 Å². The Labute approximate surface area is 77.7 Å². The van der Waals surface area contributed by atoms with Gasteiger partial charge in [-0.3, -0.25) is 0 Å². The number of benzene rings is 1. The van der Waals surface area contributed by atoms with E-state index in [-0.39, 0.29) is 6.10 Å². The molecule has 2 nitrogen and oxygen atoms in total. The molecule has 1 aromatic carbocycles. The van der Waals surface area contributed by atoms with Gasteiger partial charge in [0, 0.05) is 0 Å². The summed E-state index contributed by atoms with van der Waals surface area (Å²) in [5.41, 5.74) is 2.38. The molecule has 0 saturated carbocycles. The van der Waals surface area contributed by atoms with E-state index in [9.17, 15) is 0 Å². The third-order valence-electron chi connectivity index (χ3n) is 2.05. The lowest BCUT2D eigenvalue weighted by atomic mass is 10.1. The van der Waals surface area contributed by atoms with Crippen molar-refractivity contribution in [2.45, 2.75) is 13.0 Å². The highest BCUT2D eigenvalue weighted by Crippen LogP contribution is 2.21. The first-order chi connectivity index (χ1) is 6.36. The van der Waals surface area contributed by atoms with Crippen molar-refractivity contribution in [3.8, 4) is 0 Å². The van der Waals surface area contributed by atoms with Crippen LogP contribution in [0.4, 0.5) is 0 Å². The van der Waals surface area contributed by atoms with Gasteiger partial charge in [0.1, 0.15) is 12.7 Å². The maximum absolute atomic E-state index is 5.12. The molecule has 1 aromatic rings. The summed E-state index contributed by atoms with van der Waals surface area (Å²) in [4.78, 5) is 10.00. The molecule has 1 aliphatic rings. The smallest absolute Gasteiger partial charge is 0.136 e. The first-order valence-electron chi connectivity index (χ1n) is 4.38. The van der Waals surface area contributed by atoms with E-state index in [2.05, 4.69) is 31.2 Å². The van der Waals surface area contributed by atoms with Crippen LogP contribution in [-0.4, -0.2) is 6.61 Å². The van der Waals surface area contributed by atoms with Crippen LogP contribution in [-0.2, 0) is 9.78 Å². The monoisotopic (exact) mass is 176 g/mol. The summed E-state index contributed by atoms with van der Waals surface area (Å²) in [5, 5.41) is 0. The summed E-state index contributed by atoms with van der Waals surface area (Å²) in [6.07, 6.45) is 3.93. The summed E-state index contributed by atoms with van der Waals surface area (Å²) in [6, 6.07) is 8.25. The Balaban J connectivity index is 2.19. The van der Waals surface area contributed by atoms with E-state index in [1.807, 2.05) is 12.2 Å². The number of aryl methyl sites for hydroxylation is 1. The fraction of sp³-hybridized carbons (Fsp3) is 0.273. The lowest BCUT2D eigenvalue weighted by Crippen LogP contribution is -2.07. The van der Waals surface area contributed by atoms with Crippen molar-refractivity contribution in [2.24, 2.45) is 0 Å². The molecule has 2 heteroatoms. The molecule has 1 aliphatic heterocycles. The summed E-state index contributed by atoms with van der Waals surface area (Å²) in [5.74, 6) is 0. The Morgan fingerprint density at radius 1 is 1.23 bits per heavy atom. The van der Waals surface area contributed by atoms with Crippen LogP contribution >= 0.6 is 0 Å². The molecule has 0 spiro atoms. The maximum atomic E-state index is 5.12. The molecule has 0 saturated heterocycles. The van der Waals surface area contributed by atoms with Crippen molar-refractivity contribution < 1.29 is 9.78 Å². The van der Waals surface area contributed by atoms with Crippen LogP contribution in [0.2, 0.25) is 0 Å². The molecule has 0 radical (unpaired) electrons. The first kappa shape index (κ1) is 8.48. The third-order valence-corrected chi connectivity index (χ3v) is 2.05. The fourth-order valence-electron chi connectivity index (χ4n) is 1.29. The molecule has 0 amide bonds. The summed E-state index contributed by atoms with van der Waals surface area (Å²) in [6.45, 7) is 2.61. The van der Waals surface area contributed by atoms with Gasteiger partial charge in [0.25, 0.3) is 0 Å². The lowest BCUT2D eigenvalue weighted by Gasteiger charge is -2.16. The molecule has 0 aliphatic carbocycles. The van der Waals surface area contributed by atoms with E-state index in [0.717, 1.165) is 5.56 Å². The van der Waals surface area contributed by atoms with Crippen LogP contribution in [0.15, 0.2) is 36.4 Å². The Morgan fingerprint density at radius 3 is 2.62 bits per heavy atom. The summed E-state index contributed by atoms with van der Waals surface area (Å²) in [7, 11) is 0. The first-order valence-corrected chi connectivity index (χ1v) is 4.38. The SMILES string of the molecule is Cc1ccc(C2C=CCOO2)cc1. The molecule has 68 valence electrons. The lowest BCUT2D eigenvalue weighted by molar-refractivity contribution is -0.315. The predicted molar refractivity (Wildman–Crippen MR) is 50.1 cm³/mol. The average Bonchev–Trinajstić information content (AvgIpc) is 2.20. The van der Waals surface area contributed by atoms with Gasteiger partial charge < -0.3 is 0 Å². The Hall–Kier alpha value is -1.12. The largest absolute Gasteiger partial charge is 0.232 e. The van der Waals surface area contributed by atoms with Crippen molar-refractivity contribution in [3.05, 3.63) is 47.5 Å². The molecule has 13 heavy (non-hydrogen) atoms. The number of rotatable bonds is 1. The molecule has 0 bridgehead atoms. The Bertz CT molecular complexity index is 300. The van der Waals surface area contributed by atoms with Crippen molar-refractivity contribution in [1.29, 1.82) is 0 Å². The molecular weight excluding hydrogens is 164 g/mol. The van der Waals surface area contributed by atoms with Gasteiger partial charge in [-0.2, -0.15) is 0 Å². The highest BCUT2D eigenvalue weighted by Gasteiger charge is 2.11. The zero-order chi connectivity index (χ0) is 9.10. The van der Waals surface area contributed by atoms with Crippen molar-refractivity contribution in [2.75, 3.05) is 6.61 Å². The van der Waals surface area contributed by atoms with Gasteiger partial charge >= 0.3 is 0 Å². The van der Waals surface area contributed by atoms with Crippen LogP contribution < -0.4 is 0 Å². The topological polar surface area (TPSA) is 18.5 Å². The summed E-state index contributed by atoms with van der Waals surface area (Å²) < 4.78 is 0. The second-order valence-electron chi connectivity index (χ2n) is 3.14. The minimum atomic E-state index is -0.0469. The minimum Gasteiger partial charge on any atom is -0.232 e. The maximum Gasteiger partial charge on any atom is 0.136 e. The fourth-order valence-corrected chi connectivity index (χ4v) is 1.29. The van der Waals surface area contributed by atoms with E-state index >= 15 is 0 Å². The highest BCUT2D eigenvalue weighted by atomic mass is 17.2. The third kappa shape index (κ3) is 1.97. The molecule has 0 fully saturated rings. The van der Waals surface area contributed by atoms with Crippen molar-refractivity contribution in [3.63, 3.8) is 0 Å². The van der Waals surface area contributed by atoms with Gasteiger partial charge in [0.05, 0.1) is 0 Å². The quantitative estimate of drug-likeness (QED) is 0.483. The number of hydrogen-bond donors (Lipinski definition) is 0. The molecule has 2 rings (SSSR count). The Morgan fingerprint density at radius 2 is 2.00 bits per heavy atom. The molecule has 1 atom stereocenters.